The Morgan fingerprint density at radius 3 is 2.76 bits per heavy atom. The topological polar surface area (TPSA) is 72.7 Å². The van der Waals surface area contributed by atoms with Gasteiger partial charge in [-0.15, -0.1) is 0 Å². The van der Waals surface area contributed by atoms with Gasteiger partial charge >= 0.3 is 0 Å². The summed E-state index contributed by atoms with van der Waals surface area (Å²) in [5.41, 5.74) is 0.262. The second-order valence-electron chi connectivity index (χ2n) is 3.21. The molecule has 0 fully saturated rings. The normalized spacial score (nSPS) is 10.3. The fraction of sp³-hybridized carbons (Fsp3) is 0.111. The van der Waals surface area contributed by atoms with Gasteiger partial charge in [-0.3, -0.25) is 4.79 Å². The van der Waals surface area contributed by atoms with Crippen LogP contribution in [-0.4, -0.2) is 25.4 Å². The molecule has 0 atom stereocenters. The van der Waals surface area contributed by atoms with Crippen LogP contribution >= 0.6 is 23.2 Å². The minimum atomic E-state index is -0.415. The SMILES string of the molecule is Cn1cnc(C(=O)Nc2ncnc(Cl)c2Cl)c1. The van der Waals surface area contributed by atoms with Crippen molar-refractivity contribution in [2.24, 2.45) is 7.05 Å². The molecule has 2 rings (SSSR count). The predicted molar refractivity (Wildman–Crippen MR) is 63.2 cm³/mol. The lowest BCUT2D eigenvalue weighted by molar-refractivity contribution is 0.102. The van der Waals surface area contributed by atoms with Crippen molar-refractivity contribution in [1.82, 2.24) is 19.5 Å². The van der Waals surface area contributed by atoms with E-state index < -0.39 is 5.91 Å². The maximum Gasteiger partial charge on any atom is 0.277 e. The molecule has 0 aliphatic heterocycles. The van der Waals surface area contributed by atoms with Crippen LogP contribution in [0.15, 0.2) is 18.9 Å². The summed E-state index contributed by atoms with van der Waals surface area (Å²) in [5.74, 6) is -0.260. The van der Waals surface area contributed by atoms with E-state index in [0.29, 0.717) is 0 Å². The fourth-order valence-electron chi connectivity index (χ4n) is 1.14. The highest BCUT2D eigenvalue weighted by Crippen LogP contribution is 2.25. The molecule has 88 valence electrons. The first-order valence-corrected chi connectivity index (χ1v) is 5.29. The van der Waals surface area contributed by atoms with Crippen molar-refractivity contribution in [3.63, 3.8) is 0 Å². The number of aryl methyl sites for hydroxylation is 1. The highest BCUT2D eigenvalue weighted by molar-refractivity contribution is 6.43. The summed E-state index contributed by atoms with van der Waals surface area (Å²) in [5, 5.41) is 2.68. The van der Waals surface area contributed by atoms with Gasteiger partial charge in [0.2, 0.25) is 0 Å². The molecule has 0 aliphatic carbocycles. The molecule has 1 N–H and O–H groups in total. The standard InChI is InChI=1S/C9H7Cl2N5O/c1-16-2-5(14-4-16)9(17)15-8-6(10)7(11)12-3-13-8/h2-4H,1H3,(H,12,13,15,17). The second-order valence-corrected chi connectivity index (χ2v) is 3.94. The zero-order chi connectivity index (χ0) is 12.4. The number of nitrogens with one attached hydrogen (secondary N) is 1. The average molecular weight is 272 g/mol. The summed E-state index contributed by atoms with van der Waals surface area (Å²) >= 11 is 11.5. The molecule has 0 radical (unpaired) electrons. The van der Waals surface area contributed by atoms with Crippen LogP contribution in [0.25, 0.3) is 0 Å². The lowest BCUT2D eigenvalue weighted by atomic mass is 10.4. The van der Waals surface area contributed by atoms with Gasteiger partial charge in [0.1, 0.15) is 17.0 Å². The summed E-state index contributed by atoms with van der Waals surface area (Å²) in [7, 11) is 1.76. The maximum atomic E-state index is 11.7. The van der Waals surface area contributed by atoms with Crippen LogP contribution in [0, 0.1) is 0 Å². The van der Waals surface area contributed by atoms with E-state index in [1.54, 1.807) is 17.8 Å². The van der Waals surface area contributed by atoms with E-state index in [1.807, 2.05) is 0 Å². The van der Waals surface area contributed by atoms with E-state index in [-0.39, 0.29) is 21.7 Å². The van der Waals surface area contributed by atoms with Crippen molar-refractivity contribution in [1.29, 1.82) is 0 Å². The number of hydrogen-bond acceptors (Lipinski definition) is 4. The van der Waals surface area contributed by atoms with E-state index in [4.69, 9.17) is 23.2 Å². The monoisotopic (exact) mass is 271 g/mol. The first-order chi connectivity index (χ1) is 8.08. The number of imidazole rings is 1. The van der Waals surface area contributed by atoms with E-state index in [9.17, 15) is 4.79 Å². The number of anilines is 1. The first kappa shape index (κ1) is 11.8. The molecular weight excluding hydrogens is 265 g/mol. The van der Waals surface area contributed by atoms with Crippen molar-refractivity contribution in [3.05, 3.63) is 34.7 Å². The van der Waals surface area contributed by atoms with E-state index >= 15 is 0 Å². The van der Waals surface area contributed by atoms with Gasteiger partial charge in [-0.2, -0.15) is 0 Å². The average Bonchev–Trinajstić information content (AvgIpc) is 2.72. The minimum absolute atomic E-state index is 0.0815. The second kappa shape index (κ2) is 4.68. The quantitative estimate of drug-likeness (QED) is 0.845. The van der Waals surface area contributed by atoms with E-state index in [1.165, 1.54) is 12.7 Å². The third-order valence-corrected chi connectivity index (χ3v) is 2.66. The predicted octanol–water partition coefficient (Wildman–Crippen LogP) is 1.77. The zero-order valence-corrected chi connectivity index (χ0v) is 10.2. The highest BCUT2D eigenvalue weighted by atomic mass is 35.5. The van der Waals surface area contributed by atoms with Gasteiger partial charge in [0, 0.05) is 13.2 Å². The molecule has 17 heavy (non-hydrogen) atoms. The molecule has 2 heterocycles. The Morgan fingerprint density at radius 1 is 1.35 bits per heavy atom. The van der Waals surface area contributed by atoms with Gasteiger partial charge in [-0.1, -0.05) is 23.2 Å². The zero-order valence-electron chi connectivity index (χ0n) is 8.69. The molecule has 0 aliphatic rings. The lowest BCUT2D eigenvalue weighted by Gasteiger charge is -2.04. The molecule has 1 amide bonds. The van der Waals surface area contributed by atoms with Gasteiger partial charge in [0.05, 0.1) is 6.33 Å². The van der Waals surface area contributed by atoms with Gasteiger partial charge in [-0.25, -0.2) is 15.0 Å². The number of aromatic nitrogens is 4. The Kier molecular flexibility index (Phi) is 3.26. The molecule has 0 unspecified atom stereocenters. The third kappa shape index (κ3) is 2.54. The fourth-order valence-corrected chi connectivity index (χ4v) is 1.42. The summed E-state index contributed by atoms with van der Waals surface area (Å²) < 4.78 is 1.66. The Labute approximate surface area is 107 Å². The lowest BCUT2D eigenvalue weighted by Crippen LogP contribution is -2.14. The number of amides is 1. The smallest absolute Gasteiger partial charge is 0.277 e. The number of nitrogens with zero attached hydrogens (tertiary/aromatic N) is 4. The summed E-state index contributed by atoms with van der Waals surface area (Å²) in [6, 6.07) is 0. The van der Waals surface area contributed by atoms with Crippen LogP contribution < -0.4 is 5.32 Å². The van der Waals surface area contributed by atoms with Crippen molar-refractivity contribution in [2.75, 3.05) is 5.32 Å². The van der Waals surface area contributed by atoms with Crippen molar-refractivity contribution < 1.29 is 4.79 Å². The summed E-state index contributed by atoms with van der Waals surface area (Å²) in [4.78, 5) is 23.1. The molecule has 2 aromatic heterocycles. The van der Waals surface area contributed by atoms with Crippen molar-refractivity contribution in [2.45, 2.75) is 0 Å². The van der Waals surface area contributed by atoms with Crippen LogP contribution in [0.3, 0.4) is 0 Å². The van der Waals surface area contributed by atoms with E-state index in [0.717, 1.165) is 0 Å². The number of halogens is 2. The molecular formula is C9H7Cl2N5O. The van der Waals surface area contributed by atoms with Gasteiger partial charge < -0.3 is 9.88 Å². The number of rotatable bonds is 2. The molecule has 0 saturated heterocycles. The Morgan fingerprint density at radius 2 is 2.12 bits per heavy atom. The molecule has 0 bridgehead atoms. The van der Waals surface area contributed by atoms with Crippen LogP contribution in [0.2, 0.25) is 10.2 Å². The van der Waals surface area contributed by atoms with Crippen LogP contribution in [-0.2, 0) is 7.05 Å². The molecule has 2 aromatic rings. The third-order valence-electron chi connectivity index (χ3n) is 1.92. The minimum Gasteiger partial charge on any atom is -0.340 e. The van der Waals surface area contributed by atoms with Crippen LogP contribution in [0.5, 0.6) is 0 Å². The largest absolute Gasteiger partial charge is 0.340 e. The van der Waals surface area contributed by atoms with Gasteiger partial charge in [0.15, 0.2) is 11.0 Å². The maximum absolute atomic E-state index is 11.7. The summed E-state index contributed by atoms with van der Waals surface area (Å²) in [6.45, 7) is 0. The molecule has 0 saturated carbocycles. The van der Waals surface area contributed by atoms with Gasteiger partial charge in [-0.05, 0) is 0 Å². The van der Waals surface area contributed by atoms with Crippen molar-refractivity contribution in [3.8, 4) is 0 Å². The summed E-state index contributed by atoms with van der Waals surface area (Å²) in [6.07, 6.45) is 4.30. The van der Waals surface area contributed by atoms with E-state index in [2.05, 4.69) is 20.3 Å². The highest BCUT2D eigenvalue weighted by Gasteiger charge is 2.13. The Bertz CT molecular complexity index is 568. The Hall–Kier alpha value is -1.66. The Balaban J connectivity index is 2.21. The first-order valence-electron chi connectivity index (χ1n) is 4.53. The molecule has 0 spiro atoms. The van der Waals surface area contributed by atoms with Crippen LogP contribution in [0.1, 0.15) is 10.5 Å². The molecule has 0 aromatic carbocycles. The molecule has 6 nitrogen and oxygen atoms in total. The van der Waals surface area contributed by atoms with Gasteiger partial charge in [0.25, 0.3) is 5.91 Å². The van der Waals surface area contributed by atoms with Crippen molar-refractivity contribution >= 4 is 34.9 Å². The molecule has 8 heteroatoms. The number of hydrogen-bond donors (Lipinski definition) is 1. The van der Waals surface area contributed by atoms with Crippen LogP contribution in [0.4, 0.5) is 5.82 Å². The number of carbonyl (C=O) groups excluding carboxylic acids is 1. The number of carbonyl (C=O) groups is 1.